The van der Waals surface area contributed by atoms with Gasteiger partial charge < -0.3 is 4.74 Å². The van der Waals surface area contributed by atoms with E-state index in [-0.39, 0.29) is 11.4 Å². The van der Waals surface area contributed by atoms with Crippen LogP contribution < -0.4 is 5.43 Å². The van der Waals surface area contributed by atoms with Crippen molar-refractivity contribution >= 4 is 11.7 Å². The number of nitro benzene ring substituents is 1. The third kappa shape index (κ3) is 2.39. The fourth-order valence-electron chi connectivity index (χ4n) is 1.59. The zero-order valence-electron chi connectivity index (χ0n) is 10.3. The maximum Gasteiger partial charge on any atom is 0.362 e. The van der Waals surface area contributed by atoms with E-state index in [0.29, 0.717) is 0 Å². The molecule has 0 fully saturated rings. The molecule has 0 N–H and O–H groups in total. The first-order valence-electron chi connectivity index (χ1n) is 5.46. The number of esters is 1. The number of carbonyl (C=O) groups excluding carboxylic acids is 1. The molecule has 0 amide bonds. The minimum atomic E-state index is -0.900. The Morgan fingerprint density at radius 2 is 2.05 bits per heavy atom. The molecule has 0 aliphatic rings. The second-order valence-electron chi connectivity index (χ2n) is 3.71. The molecule has 8 nitrogen and oxygen atoms in total. The van der Waals surface area contributed by atoms with Crippen molar-refractivity contribution in [2.75, 3.05) is 7.11 Å². The van der Waals surface area contributed by atoms with Gasteiger partial charge in [0.25, 0.3) is 5.69 Å². The maximum atomic E-state index is 11.5. The highest BCUT2D eigenvalue weighted by Gasteiger charge is 2.18. The van der Waals surface area contributed by atoms with Gasteiger partial charge in [0.15, 0.2) is 0 Å². The summed E-state index contributed by atoms with van der Waals surface area (Å²) in [5.41, 5.74) is -1.11. The Morgan fingerprint density at radius 3 is 2.70 bits per heavy atom. The van der Waals surface area contributed by atoms with Crippen LogP contribution in [0.2, 0.25) is 0 Å². The van der Waals surface area contributed by atoms with Crippen molar-refractivity contribution in [1.82, 2.24) is 9.78 Å². The van der Waals surface area contributed by atoms with Crippen molar-refractivity contribution in [3.63, 3.8) is 0 Å². The van der Waals surface area contributed by atoms with E-state index in [9.17, 15) is 19.7 Å². The van der Waals surface area contributed by atoms with Crippen LogP contribution in [0, 0.1) is 10.1 Å². The molecule has 2 rings (SSSR count). The van der Waals surface area contributed by atoms with E-state index >= 15 is 0 Å². The third-order valence-corrected chi connectivity index (χ3v) is 2.51. The molecule has 1 aromatic carbocycles. The number of methoxy groups -OCH3 is 1. The number of rotatable bonds is 3. The summed E-state index contributed by atoms with van der Waals surface area (Å²) in [4.78, 5) is 33.3. The first kappa shape index (κ1) is 13.4. The number of hydrogen-bond acceptors (Lipinski definition) is 6. The Kier molecular flexibility index (Phi) is 3.56. The highest BCUT2D eigenvalue weighted by atomic mass is 16.6. The molecule has 1 aromatic heterocycles. The Labute approximate surface area is 112 Å². The molecule has 0 aliphatic carbocycles. The van der Waals surface area contributed by atoms with Crippen LogP contribution in [0.1, 0.15) is 10.5 Å². The second kappa shape index (κ2) is 5.31. The summed E-state index contributed by atoms with van der Waals surface area (Å²) in [5, 5.41) is 14.7. The van der Waals surface area contributed by atoms with Gasteiger partial charge in [-0.2, -0.15) is 5.10 Å². The maximum absolute atomic E-state index is 11.5. The van der Waals surface area contributed by atoms with Gasteiger partial charge in [0.1, 0.15) is 5.69 Å². The fourth-order valence-corrected chi connectivity index (χ4v) is 1.59. The Balaban J connectivity index is 2.63. The lowest BCUT2D eigenvalue weighted by Gasteiger charge is -2.06. The first-order chi connectivity index (χ1) is 9.54. The lowest BCUT2D eigenvalue weighted by molar-refractivity contribution is -0.384. The van der Waals surface area contributed by atoms with Crippen molar-refractivity contribution in [1.29, 1.82) is 0 Å². The molecule has 0 spiro atoms. The molecule has 20 heavy (non-hydrogen) atoms. The van der Waals surface area contributed by atoms with Gasteiger partial charge in [0, 0.05) is 18.3 Å². The minimum Gasteiger partial charge on any atom is -0.464 e. The predicted molar refractivity (Wildman–Crippen MR) is 67.8 cm³/mol. The molecule has 8 heteroatoms. The summed E-state index contributed by atoms with van der Waals surface area (Å²) >= 11 is 0. The number of carbonyl (C=O) groups is 1. The van der Waals surface area contributed by atoms with Crippen LogP contribution >= 0.6 is 0 Å². The number of nitrogens with zero attached hydrogens (tertiary/aromatic N) is 3. The average Bonchev–Trinajstić information content (AvgIpc) is 2.47. The van der Waals surface area contributed by atoms with Gasteiger partial charge in [-0.1, -0.05) is 12.1 Å². The van der Waals surface area contributed by atoms with Gasteiger partial charge in [-0.3, -0.25) is 14.9 Å². The zero-order chi connectivity index (χ0) is 14.7. The number of ether oxygens (including phenoxy) is 1. The van der Waals surface area contributed by atoms with Gasteiger partial charge in [-0.15, -0.1) is 0 Å². The molecule has 102 valence electrons. The lowest BCUT2D eigenvalue weighted by Crippen LogP contribution is -2.21. The lowest BCUT2D eigenvalue weighted by atomic mass is 10.2. The molecule has 0 saturated heterocycles. The Bertz CT molecular complexity index is 738. The van der Waals surface area contributed by atoms with E-state index in [0.717, 1.165) is 17.9 Å². The highest BCUT2D eigenvalue weighted by molar-refractivity contribution is 5.86. The molecule has 0 unspecified atom stereocenters. The fraction of sp³-hybridized carbons (Fsp3) is 0.0833. The molecule has 0 aliphatic heterocycles. The Morgan fingerprint density at radius 1 is 1.35 bits per heavy atom. The van der Waals surface area contributed by atoms with E-state index in [4.69, 9.17) is 0 Å². The monoisotopic (exact) mass is 275 g/mol. The summed E-state index contributed by atoms with van der Waals surface area (Å²) in [6.07, 6.45) is 1.25. The van der Waals surface area contributed by atoms with Crippen LogP contribution in [0.15, 0.2) is 41.3 Å². The largest absolute Gasteiger partial charge is 0.464 e. The van der Waals surface area contributed by atoms with Crippen LogP contribution in [0.4, 0.5) is 5.69 Å². The topological polar surface area (TPSA) is 104 Å². The van der Waals surface area contributed by atoms with Gasteiger partial charge in [-0.25, -0.2) is 9.48 Å². The summed E-state index contributed by atoms with van der Waals surface area (Å²) in [6, 6.07) is 6.94. The zero-order valence-corrected chi connectivity index (χ0v) is 10.3. The smallest absolute Gasteiger partial charge is 0.362 e. The SMILES string of the molecule is COC(=O)c1nn(-c2ccccc2[N+](=O)[O-])ccc1=O. The molecular weight excluding hydrogens is 266 g/mol. The van der Waals surface area contributed by atoms with Crippen LogP contribution in [0.3, 0.4) is 0 Å². The summed E-state index contributed by atoms with van der Waals surface area (Å²) in [6.45, 7) is 0. The summed E-state index contributed by atoms with van der Waals surface area (Å²) in [5.74, 6) is -0.900. The van der Waals surface area contributed by atoms with Crippen molar-refractivity contribution in [2.24, 2.45) is 0 Å². The summed E-state index contributed by atoms with van der Waals surface area (Å²) in [7, 11) is 1.12. The number of aromatic nitrogens is 2. The number of nitro groups is 1. The molecule has 2 aromatic rings. The number of para-hydroxylation sites is 2. The van der Waals surface area contributed by atoms with E-state index < -0.39 is 22.0 Å². The van der Waals surface area contributed by atoms with Crippen molar-refractivity contribution in [3.05, 3.63) is 62.6 Å². The molecular formula is C12H9N3O5. The molecule has 0 radical (unpaired) electrons. The van der Waals surface area contributed by atoms with E-state index in [1.54, 1.807) is 6.07 Å². The number of hydrogen-bond donors (Lipinski definition) is 0. The minimum absolute atomic E-state index is 0.141. The summed E-state index contributed by atoms with van der Waals surface area (Å²) < 4.78 is 5.53. The normalized spacial score (nSPS) is 10.1. The van der Waals surface area contributed by atoms with Crippen molar-refractivity contribution < 1.29 is 14.5 Å². The van der Waals surface area contributed by atoms with E-state index in [2.05, 4.69) is 9.84 Å². The highest BCUT2D eigenvalue weighted by Crippen LogP contribution is 2.20. The van der Waals surface area contributed by atoms with Crippen LogP contribution in [-0.2, 0) is 4.74 Å². The van der Waals surface area contributed by atoms with Crippen molar-refractivity contribution in [2.45, 2.75) is 0 Å². The van der Waals surface area contributed by atoms with Gasteiger partial charge in [-0.05, 0) is 6.07 Å². The molecule has 0 saturated carbocycles. The predicted octanol–water partition coefficient (Wildman–Crippen LogP) is 0.927. The standard InChI is InChI=1S/C12H9N3O5/c1-20-12(17)11-10(16)6-7-14(13-11)8-4-2-3-5-9(8)15(18)19/h2-7H,1H3. The van der Waals surface area contributed by atoms with Gasteiger partial charge in [0.05, 0.1) is 12.0 Å². The third-order valence-electron chi connectivity index (χ3n) is 2.51. The van der Waals surface area contributed by atoms with E-state index in [1.165, 1.54) is 24.4 Å². The van der Waals surface area contributed by atoms with Gasteiger partial charge in [0.2, 0.25) is 11.1 Å². The van der Waals surface area contributed by atoms with E-state index in [1.807, 2.05) is 0 Å². The molecule has 1 heterocycles. The van der Waals surface area contributed by atoms with Crippen molar-refractivity contribution in [3.8, 4) is 5.69 Å². The first-order valence-corrected chi connectivity index (χ1v) is 5.46. The van der Waals surface area contributed by atoms with Crippen LogP contribution in [0.25, 0.3) is 5.69 Å². The second-order valence-corrected chi connectivity index (χ2v) is 3.71. The molecule has 0 atom stereocenters. The van der Waals surface area contributed by atoms with Gasteiger partial charge >= 0.3 is 5.97 Å². The quantitative estimate of drug-likeness (QED) is 0.468. The van der Waals surface area contributed by atoms with Crippen LogP contribution in [-0.4, -0.2) is 27.8 Å². The van der Waals surface area contributed by atoms with Crippen LogP contribution in [0.5, 0.6) is 0 Å². The number of benzene rings is 1. The molecule has 0 bridgehead atoms. The average molecular weight is 275 g/mol. The Hall–Kier alpha value is -3.03.